The molecule has 3 rings (SSSR count). The minimum atomic E-state index is 0.130. The van der Waals surface area contributed by atoms with Gasteiger partial charge < -0.3 is 10.2 Å². The maximum atomic E-state index is 11.5. The zero-order chi connectivity index (χ0) is 15.7. The number of carbonyl (C=O) groups is 1. The second kappa shape index (κ2) is 6.00. The van der Waals surface area contributed by atoms with Gasteiger partial charge in [0.05, 0.1) is 11.4 Å². The number of thiazole rings is 1. The van der Waals surface area contributed by atoms with Gasteiger partial charge in [-0.15, -0.1) is 11.3 Å². The number of nitrogens with zero attached hydrogens (tertiary/aromatic N) is 4. The van der Waals surface area contributed by atoms with E-state index < -0.39 is 0 Å². The SMILES string of the molecule is CC(=O)N1CC[C@H](c2cc(Nc3nc(C)cs3)nc(C)n2)C1. The Morgan fingerprint density at radius 2 is 2.18 bits per heavy atom. The molecule has 6 nitrogen and oxygen atoms in total. The highest BCUT2D eigenvalue weighted by Crippen LogP contribution is 2.28. The molecule has 2 aromatic rings. The van der Waals surface area contributed by atoms with E-state index in [-0.39, 0.29) is 11.8 Å². The average molecular weight is 317 g/mol. The van der Waals surface area contributed by atoms with E-state index in [2.05, 4.69) is 20.3 Å². The molecule has 116 valence electrons. The number of aryl methyl sites for hydroxylation is 2. The summed E-state index contributed by atoms with van der Waals surface area (Å²) in [5.41, 5.74) is 1.98. The third kappa shape index (κ3) is 3.24. The third-order valence-electron chi connectivity index (χ3n) is 3.76. The largest absolute Gasteiger partial charge is 0.342 e. The topological polar surface area (TPSA) is 71.0 Å². The smallest absolute Gasteiger partial charge is 0.219 e. The van der Waals surface area contributed by atoms with Crippen molar-refractivity contribution in [2.75, 3.05) is 18.4 Å². The summed E-state index contributed by atoms with van der Waals surface area (Å²) in [5, 5.41) is 6.07. The standard InChI is InChI=1S/C15H19N5OS/c1-9-8-22-15(16-9)19-14-6-13(17-10(2)18-14)12-4-5-20(7-12)11(3)21/h6,8,12H,4-5,7H2,1-3H3,(H,16,17,18,19)/t12-/m0/s1. The van der Waals surface area contributed by atoms with Crippen molar-refractivity contribution < 1.29 is 4.79 Å². The highest BCUT2D eigenvalue weighted by molar-refractivity contribution is 7.13. The first kappa shape index (κ1) is 14.9. The van der Waals surface area contributed by atoms with Crippen LogP contribution in [0.5, 0.6) is 0 Å². The lowest BCUT2D eigenvalue weighted by Gasteiger charge is -2.14. The van der Waals surface area contributed by atoms with Gasteiger partial charge >= 0.3 is 0 Å². The lowest BCUT2D eigenvalue weighted by molar-refractivity contribution is -0.127. The molecule has 22 heavy (non-hydrogen) atoms. The molecule has 0 aromatic carbocycles. The van der Waals surface area contributed by atoms with Crippen LogP contribution >= 0.6 is 11.3 Å². The molecular formula is C15H19N5OS. The minimum absolute atomic E-state index is 0.130. The second-order valence-corrected chi connectivity index (χ2v) is 6.45. The predicted molar refractivity (Wildman–Crippen MR) is 86.5 cm³/mol. The van der Waals surface area contributed by atoms with Gasteiger partial charge in [0.2, 0.25) is 5.91 Å². The zero-order valence-corrected chi connectivity index (χ0v) is 13.8. The van der Waals surface area contributed by atoms with Gasteiger partial charge in [0.15, 0.2) is 5.13 Å². The molecule has 1 N–H and O–H groups in total. The fraction of sp³-hybridized carbons (Fsp3) is 0.467. The Hall–Kier alpha value is -2.02. The van der Waals surface area contributed by atoms with Crippen LogP contribution in [0.2, 0.25) is 0 Å². The molecule has 0 radical (unpaired) electrons. The van der Waals surface area contributed by atoms with Gasteiger partial charge in [-0.3, -0.25) is 4.79 Å². The molecule has 2 aromatic heterocycles. The van der Waals surface area contributed by atoms with E-state index in [1.54, 1.807) is 18.3 Å². The molecule has 1 aliphatic heterocycles. The van der Waals surface area contributed by atoms with E-state index in [1.165, 1.54) is 0 Å². The van der Waals surface area contributed by atoms with Crippen LogP contribution in [0.1, 0.15) is 36.5 Å². The third-order valence-corrected chi connectivity index (χ3v) is 4.64. The summed E-state index contributed by atoms with van der Waals surface area (Å²) >= 11 is 1.56. The van der Waals surface area contributed by atoms with Gasteiger partial charge in [0.1, 0.15) is 11.6 Å². The van der Waals surface area contributed by atoms with Crippen LogP contribution < -0.4 is 5.32 Å². The molecule has 0 bridgehead atoms. The first-order valence-electron chi connectivity index (χ1n) is 7.31. The van der Waals surface area contributed by atoms with E-state index in [1.807, 2.05) is 30.2 Å². The Kier molecular flexibility index (Phi) is 4.06. The maximum absolute atomic E-state index is 11.5. The van der Waals surface area contributed by atoms with Crippen LogP contribution in [-0.2, 0) is 4.79 Å². The van der Waals surface area contributed by atoms with Gasteiger partial charge in [-0.05, 0) is 20.3 Å². The van der Waals surface area contributed by atoms with Gasteiger partial charge in [0.25, 0.3) is 0 Å². The minimum Gasteiger partial charge on any atom is -0.342 e. The highest BCUT2D eigenvalue weighted by Gasteiger charge is 2.27. The summed E-state index contributed by atoms with van der Waals surface area (Å²) in [6, 6.07) is 1.97. The van der Waals surface area contributed by atoms with E-state index in [9.17, 15) is 4.79 Å². The van der Waals surface area contributed by atoms with Gasteiger partial charge in [-0.1, -0.05) is 0 Å². The number of anilines is 2. The molecule has 3 heterocycles. The first-order valence-corrected chi connectivity index (χ1v) is 8.19. The second-order valence-electron chi connectivity index (χ2n) is 5.59. The molecule has 1 fully saturated rings. The Morgan fingerprint density at radius 1 is 1.36 bits per heavy atom. The van der Waals surface area contributed by atoms with Gasteiger partial charge in [0, 0.05) is 37.4 Å². The number of amides is 1. The number of rotatable bonds is 3. The summed E-state index contributed by atoms with van der Waals surface area (Å²) in [5.74, 6) is 1.90. The number of nitrogens with one attached hydrogen (secondary N) is 1. The molecule has 1 amide bonds. The van der Waals surface area contributed by atoms with Crippen LogP contribution in [0.3, 0.4) is 0 Å². The predicted octanol–water partition coefficient (Wildman–Crippen LogP) is 2.63. The first-order chi connectivity index (χ1) is 10.5. The Morgan fingerprint density at radius 3 is 2.82 bits per heavy atom. The van der Waals surface area contributed by atoms with Crippen molar-refractivity contribution in [2.24, 2.45) is 0 Å². The van der Waals surface area contributed by atoms with E-state index in [4.69, 9.17) is 0 Å². The molecule has 0 aliphatic carbocycles. The number of hydrogen-bond acceptors (Lipinski definition) is 6. The summed E-state index contributed by atoms with van der Waals surface area (Å²) in [6.07, 6.45) is 0.950. The molecule has 0 spiro atoms. The van der Waals surface area contributed by atoms with Crippen LogP contribution in [0.15, 0.2) is 11.4 Å². The van der Waals surface area contributed by atoms with Crippen LogP contribution in [0.4, 0.5) is 10.9 Å². The lowest BCUT2D eigenvalue weighted by atomic mass is 10.0. The van der Waals surface area contributed by atoms with Crippen molar-refractivity contribution >= 4 is 28.2 Å². The molecule has 1 aliphatic rings. The monoisotopic (exact) mass is 317 g/mol. The van der Waals surface area contributed by atoms with Crippen LogP contribution in [-0.4, -0.2) is 38.8 Å². The van der Waals surface area contributed by atoms with Crippen LogP contribution in [0, 0.1) is 13.8 Å². The molecule has 1 saturated heterocycles. The maximum Gasteiger partial charge on any atom is 0.219 e. The Balaban J connectivity index is 1.79. The average Bonchev–Trinajstić information content (AvgIpc) is 3.07. The van der Waals surface area contributed by atoms with Crippen molar-refractivity contribution in [3.05, 3.63) is 28.7 Å². The highest BCUT2D eigenvalue weighted by atomic mass is 32.1. The number of hydrogen-bond donors (Lipinski definition) is 1. The normalized spacial score (nSPS) is 17.8. The van der Waals surface area contributed by atoms with Crippen molar-refractivity contribution in [2.45, 2.75) is 33.1 Å². The van der Waals surface area contributed by atoms with E-state index >= 15 is 0 Å². The Bertz CT molecular complexity index is 699. The molecule has 0 saturated carbocycles. The fourth-order valence-electron chi connectivity index (χ4n) is 2.67. The molecule has 0 unspecified atom stereocenters. The van der Waals surface area contributed by atoms with Gasteiger partial charge in [-0.2, -0.15) is 0 Å². The molecular weight excluding hydrogens is 298 g/mol. The van der Waals surface area contributed by atoms with E-state index in [0.29, 0.717) is 0 Å². The molecule has 7 heteroatoms. The quantitative estimate of drug-likeness (QED) is 0.942. The summed E-state index contributed by atoms with van der Waals surface area (Å²) in [7, 11) is 0. The number of likely N-dealkylation sites (tertiary alicyclic amines) is 1. The van der Waals surface area contributed by atoms with Crippen LogP contribution in [0.25, 0.3) is 0 Å². The Labute approximate surface area is 133 Å². The summed E-state index contributed by atoms with van der Waals surface area (Å²) in [6.45, 7) is 7.01. The van der Waals surface area contributed by atoms with Crippen molar-refractivity contribution in [3.8, 4) is 0 Å². The number of aromatic nitrogens is 3. The summed E-state index contributed by atoms with van der Waals surface area (Å²) < 4.78 is 0. The number of carbonyl (C=O) groups excluding carboxylic acids is 1. The van der Waals surface area contributed by atoms with Crippen molar-refractivity contribution in [1.82, 2.24) is 19.9 Å². The molecule has 1 atom stereocenters. The van der Waals surface area contributed by atoms with Gasteiger partial charge in [-0.25, -0.2) is 15.0 Å². The van der Waals surface area contributed by atoms with Crippen molar-refractivity contribution in [3.63, 3.8) is 0 Å². The van der Waals surface area contributed by atoms with Crippen molar-refractivity contribution in [1.29, 1.82) is 0 Å². The fourth-order valence-corrected chi connectivity index (χ4v) is 3.37. The van der Waals surface area contributed by atoms with E-state index in [0.717, 1.165) is 47.7 Å². The lowest BCUT2D eigenvalue weighted by Crippen LogP contribution is -2.25. The zero-order valence-electron chi connectivity index (χ0n) is 13.0. The summed E-state index contributed by atoms with van der Waals surface area (Å²) in [4.78, 5) is 26.7.